The first-order chi connectivity index (χ1) is 12.4. The van der Waals surface area contributed by atoms with Crippen LogP contribution in [0.4, 0.5) is 5.82 Å². The predicted molar refractivity (Wildman–Crippen MR) is 95.5 cm³/mol. The summed E-state index contributed by atoms with van der Waals surface area (Å²) in [6.07, 6.45) is 0.620. The molecule has 2 rings (SSSR count). The van der Waals surface area contributed by atoms with Gasteiger partial charge in [0.15, 0.2) is 17.3 Å². The Balaban J connectivity index is 1.89. The molecule has 0 atom stereocenters. The monoisotopic (exact) mass is 361 g/mol. The summed E-state index contributed by atoms with van der Waals surface area (Å²) < 4.78 is 15.4. The van der Waals surface area contributed by atoms with E-state index in [4.69, 9.17) is 14.0 Å². The average molecular weight is 361 g/mol. The maximum absolute atomic E-state index is 12.1. The smallest absolute Gasteiger partial charge is 0.240 e. The van der Waals surface area contributed by atoms with E-state index in [1.807, 2.05) is 18.2 Å². The summed E-state index contributed by atoms with van der Waals surface area (Å²) in [5.41, 5.74) is 0.999. The zero-order valence-electron chi connectivity index (χ0n) is 15.4. The number of hydrogen-bond donors (Lipinski definition) is 1. The van der Waals surface area contributed by atoms with Crippen molar-refractivity contribution >= 4 is 17.6 Å². The molecular weight excluding hydrogens is 338 g/mol. The molecule has 0 bridgehead atoms. The molecule has 1 N–H and O–H groups in total. The lowest BCUT2D eigenvalue weighted by molar-refractivity contribution is -0.123. The number of carbonyl (C=O) groups is 2. The number of benzene rings is 1. The van der Waals surface area contributed by atoms with Gasteiger partial charge in [0, 0.05) is 19.5 Å². The molecule has 2 amide bonds. The normalized spacial score (nSPS) is 10.3. The number of nitrogens with zero attached hydrogens (tertiary/aromatic N) is 2. The number of rotatable bonds is 8. The molecule has 0 unspecified atom stereocenters. The maximum Gasteiger partial charge on any atom is 0.240 e. The first kappa shape index (κ1) is 19.3. The largest absolute Gasteiger partial charge is 0.493 e. The average Bonchev–Trinajstić information content (AvgIpc) is 3.05. The van der Waals surface area contributed by atoms with Crippen LogP contribution in [0, 0.1) is 6.92 Å². The summed E-state index contributed by atoms with van der Waals surface area (Å²) in [7, 11) is 3.15. The molecule has 8 heteroatoms. The SMILES string of the molecule is COc1ccc(CCNC(=O)CN(C(C)=O)c2cc(C)on2)cc1OC. The van der Waals surface area contributed by atoms with Crippen molar-refractivity contribution in [1.29, 1.82) is 0 Å². The highest BCUT2D eigenvalue weighted by Crippen LogP contribution is 2.27. The molecule has 26 heavy (non-hydrogen) atoms. The van der Waals surface area contributed by atoms with E-state index in [0.29, 0.717) is 36.0 Å². The van der Waals surface area contributed by atoms with Crippen LogP contribution in [-0.2, 0) is 16.0 Å². The van der Waals surface area contributed by atoms with Gasteiger partial charge in [0.05, 0.1) is 14.2 Å². The Morgan fingerprint density at radius 2 is 1.92 bits per heavy atom. The summed E-state index contributed by atoms with van der Waals surface area (Å²) in [6.45, 7) is 3.41. The summed E-state index contributed by atoms with van der Waals surface area (Å²) in [4.78, 5) is 25.2. The summed E-state index contributed by atoms with van der Waals surface area (Å²) in [6, 6.07) is 7.21. The third kappa shape index (κ3) is 4.98. The standard InChI is InChI=1S/C18H23N3O5/c1-12-9-17(20-26-12)21(13(2)22)11-18(23)19-8-7-14-5-6-15(24-3)16(10-14)25-4/h5-6,9-10H,7-8,11H2,1-4H3,(H,19,23). The lowest BCUT2D eigenvalue weighted by Crippen LogP contribution is -2.40. The van der Waals surface area contributed by atoms with Crippen LogP contribution in [0.15, 0.2) is 28.8 Å². The number of nitrogens with one attached hydrogen (secondary N) is 1. The van der Waals surface area contributed by atoms with Crippen molar-refractivity contribution in [3.05, 3.63) is 35.6 Å². The summed E-state index contributed by atoms with van der Waals surface area (Å²) in [5.74, 6) is 1.63. The van der Waals surface area contributed by atoms with Crippen LogP contribution in [0.2, 0.25) is 0 Å². The third-order valence-corrected chi connectivity index (χ3v) is 3.76. The molecule has 2 aromatic rings. The van der Waals surface area contributed by atoms with Crippen LogP contribution in [0.3, 0.4) is 0 Å². The highest BCUT2D eigenvalue weighted by molar-refractivity contribution is 5.96. The van der Waals surface area contributed by atoms with Crippen molar-refractivity contribution in [2.45, 2.75) is 20.3 Å². The van der Waals surface area contributed by atoms with Crippen LogP contribution in [-0.4, -0.2) is 44.3 Å². The molecule has 0 saturated heterocycles. The van der Waals surface area contributed by atoms with Gasteiger partial charge < -0.3 is 19.3 Å². The van der Waals surface area contributed by atoms with Crippen molar-refractivity contribution in [2.24, 2.45) is 0 Å². The first-order valence-corrected chi connectivity index (χ1v) is 8.13. The van der Waals surface area contributed by atoms with Gasteiger partial charge in [0.25, 0.3) is 0 Å². The minimum atomic E-state index is -0.284. The van der Waals surface area contributed by atoms with Crippen molar-refractivity contribution in [3.8, 4) is 11.5 Å². The molecule has 1 heterocycles. The fraction of sp³-hybridized carbons (Fsp3) is 0.389. The zero-order chi connectivity index (χ0) is 19.1. The quantitative estimate of drug-likeness (QED) is 0.769. The topological polar surface area (TPSA) is 93.9 Å². The van der Waals surface area contributed by atoms with Gasteiger partial charge in [-0.1, -0.05) is 11.2 Å². The Labute approximate surface area is 152 Å². The van der Waals surface area contributed by atoms with Crippen LogP contribution < -0.4 is 19.7 Å². The van der Waals surface area contributed by atoms with Gasteiger partial charge in [0.1, 0.15) is 12.3 Å². The van der Waals surface area contributed by atoms with Gasteiger partial charge in [-0.15, -0.1) is 0 Å². The van der Waals surface area contributed by atoms with Crippen molar-refractivity contribution < 1.29 is 23.6 Å². The van der Waals surface area contributed by atoms with Gasteiger partial charge in [-0.25, -0.2) is 0 Å². The van der Waals surface area contributed by atoms with Gasteiger partial charge in [-0.2, -0.15) is 0 Å². The molecule has 0 aliphatic carbocycles. The van der Waals surface area contributed by atoms with Crippen molar-refractivity contribution in [3.63, 3.8) is 0 Å². The number of methoxy groups -OCH3 is 2. The Morgan fingerprint density at radius 1 is 1.19 bits per heavy atom. The Bertz CT molecular complexity index is 772. The summed E-state index contributed by atoms with van der Waals surface area (Å²) >= 11 is 0. The Hall–Kier alpha value is -3.03. The minimum Gasteiger partial charge on any atom is -0.493 e. The molecule has 0 saturated carbocycles. The lowest BCUT2D eigenvalue weighted by atomic mass is 10.1. The number of amides is 2. The number of anilines is 1. The third-order valence-electron chi connectivity index (χ3n) is 3.76. The van der Waals surface area contributed by atoms with E-state index < -0.39 is 0 Å². The molecule has 0 aliphatic rings. The van der Waals surface area contributed by atoms with Gasteiger partial charge >= 0.3 is 0 Å². The second-order valence-electron chi connectivity index (χ2n) is 5.69. The number of hydrogen-bond acceptors (Lipinski definition) is 6. The minimum absolute atomic E-state index is 0.118. The van der Waals surface area contributed by atoms with Crippen LogP contribution >= 0.6 is 0 Å². The lowest BCUT2D eigenvalue weighted by Gasteiger charge is -2.17. The maximum atomic E-state index is 12.1. The van der Waals surface area contributed by atoms with Gasteiger partial charge in [-0.3, -0.25) is 14.5 Å². The first-order valence-electron chi connectivity index (χ1n) is 8.13. The number of carbonyl (C=O) groups excluding carboxylic acids is 2. The molecule has 1 aromatic heterocycles. The predicted octanol–water partition coefficient (Wildman–Crippen LogP) is 1.71. The molecular formula is C18H23N3O5. The van der Waals surface area contributed by atoms with E-state index in [2.05, 4.69) is 10.5 Å². The molecule has 0 fully saturated rings. The highest BCUT2D eigenvalue weighted by Gasteiger charge is 2.18. The van der Waals surface area contributed by atoms with E-state index in [0.717, 1.165) is 5.56 Å². The number of ether oxygens (including phenoxy) is 2. The van der Waals surface area contributed by atoms with Gasteiger partial charge in [0.2, 0.25) is 11.8 Å². The second kappa shape index (κ2) is 8.89. The van der Waals surface area contributed by atoms with E-state index >= 15 is 0 Å². The molecule has 8 nitrogen and oxygen atoms in total. The zero-order valence-corrected chi connectivity index (χ0v) is 15.4. The van der Waals surface area contributed by atoms with Crippen LogP contribution in [0.25, 0.3) is 0 Å². The molecule has 0 radical (unpaired) electrons. The van der Waals surface area contributed by atoms with Crippen molar-refractivity contribution in [2.75, 3.05) is 32.2 Å². The molecule has 140 valence electrons. The van der Waals surface area contributed by atoms with Crippen LogP contribution in [0.1, 0.15) is 18.2 Å². The fourth-order valence-electron chi connectivity index (χ4n) is 2.42. The van der Waals surface area contributed by atoms with Crippen LogP contribution in [0.5, 0.6) is 11.5 Å². The van der Waals surface area contributed by atoms with E-state index in [1.54, 1.807) is 27.2 Å². The molecule has 0 spiro atoms. The van der Waals surface area contributed by atoms with E-state index in [1.165, 1.54) is 11.8 Å². The van der Waals surface area contributed by atoms with E-state index in [-0.39, 0.29) is 18.4 Å². The number of aromatic nitrogens is 1. The fourth-order valence-corrected chi connectivity index (χ4v) is 2.42. The number of aryl methyl sites for hydroxylation is 1. The highest BCUT2D eigenvalue weighted by atomic mass is 16.5. The molecule has 1 aromatic carbocycles. The van der Waals surface area contributed by atoms with Gasteiger partial charge in [-0.05, 0) is 31.0 Å². The second-order valence-corrected chi connectivity index (χ2v) is 5.69. The van der Waals surface area contributed by atoms with Crippen molar-refractivity contribution in [1.82, 2.24) is 10.5 Å². The Kier molecular flexibility index (Phi) is 6.60. The molecule has 0 aliphatic heterocycles. The Morgan fingerprint density at radius 3 is 2.50 bits per heavy atom. The van der Waals surface area contributed by atoms with E-state index in [9.17, 15) is 9.59 Å². The summed E-state index contributed by atoms with van der Waals surface area (Å²) in [5, 5.41) is 6.57.